The number of fused-ring (bicyclic) bond motifs is 1. The minimum absolute atomic E-state index is 0.108. The van der Waals surface area contributed by atoms with Crippen molar-refractivity contribution < 1.29 is 13.2 Å². The summed E-state index contributed by atoms with van der Waals surface area (Å²) < 4.78 is 35.1. The molecule has 0 aliphatic heterocycles. The van der Waals surface area contributed by atoms with Crippen LogP contribution in [0.5, 0.6) is 5.75 Å². The maximum Gasteiger partial charge on any atom is 0.277 e. The van der Waals surface area contributed by atoms with Crippen LogP contribution in [0.3, 0.4) is 0 Å². The Morgan fingerprint density at radius 3 is 2.53 bits per heavy atom. The standard InChI is InChI=1S/C23H34N6O4S/c1-7-10-20-24-16(3)21-23(30)25-22(26-29(20)21)18-15-17(11-12-19(18)33-8-2)34(31,32)28(6)14-9-13-27(4)5/h11-12,15H,7-10,13-14H2,1-6H3,(H,25,26,30). The van der Waals surface area contributed by atoms with Gasteiger partial charge in [0.05, 0.1) is 22.8 Å². The van der Waals surface area contributed by atoms with Gasteiger partial charge in [-0.15, -0.1) is 5.10 Å². The molecule has 34 heavy (non-hydrogen) atoms. The van der Waals surface area contributed by atoms with Crippen molar-refractivity contribution in [3.63, 3.8) is 0 Å². The molecular weight excluding hydrogens is 456 g/mol. The van der Waals surface area contributed by atoms with Crippen molar-refractivity contribution in [3.8, 4) is 17.1 Å². The molecule has 3 rings (SSSR count). The number of ether oxygens (including phenoxy) is 1. The van der Waals surface area contributed by atoms with Gasteiger partial charge < -0.3 is 14.6 Å². The van der Waals surface area contributed by atoms with Crippen molar-refractivity contribution in [3.05, 3.63) is 40.1 Å². The molecule has 2 heterocycles. The number of nitrogens with one attached hydrogen (secondary N) is 1. The number of aromatic amines is 1. The van der Waals surface area contributed by atoms with Gasteiger partial charge >= 0.3 is 0 Å². The molecule has 1 N–H and O–H groups in total. The highest BCUT2D eigenvalue weighted by atomic mass is 32.2. The number of aromatic nitrogens is 4. The molecule has 2 aromatic heterocycles. The second-order valence-electron chi connectivity index (χ2n) is 8.50. The summed E-state index contributed by atoms with van der Waals surface area (Å²) in [5, 5.41) is 4.63. The maximum absolute atomic E-state index is 13.2. The third-order valence-electron chi connectivity index (χ3n) is 5.51. The zero-order valence-corrected chi connectivity index (χ0v) is 21.6. The van der Waals surface area contributed by atoms with Gasteiger partial charge in [0, 0.05) is 20.0 Å². The number of H-pyrrole nitrogens is 1. The van der Waals surface area contributed by atoms with E-state index in [1.807, 2.05) is 32.8 Å². The molecular formula is C23H34N6O4S. The van der Waals surface area contributed by atoms with Crippen LogP contribution in [0.15, 0.2) is 27.9 Å². The molecule has 1 aromatic carbocycles. The molecule has 0 atom stereocenters. The van der Waals surface area contributed by atoms with E-state index in [-0.39, 0.29) is 16.3 Å². The van der Waals surface area contributed by atoms with E-state index in [1.165, 1.54) is 16.4 Å². The van der Waals surface area contributed by atoms with E-state index in [2.05, 4.69) is 15.1 Å². The van der Waals surface area contributed by atoms with Crippen LogP contribution in [0.25, 0.3) is 16.9 Å². The fourth-order valence-electron chi connectivity index (χ4n) is 3.79. The summed E-state index contributed by atoms with van der Waals surface area (Å²) in [5.74, 6) is 1.35. The van der Waals surface area contributed by atoms with Crippen LogP contribution in [0.4, 0.5) is 0 Å². The molecule has 0 bridgehead atoms. The number of hydrogen-bond donors (Lipinski definition) is 1. The van der Waals surface area contributed by atoms with Gasteiger partial charge in [0.15, 0.2) is 11.3 Å². The van der Waals surface area contributed by atoms with E-state index >= 15 is 0 Å². The zero-order valence-electron chi connectivity index (χ0n) is 20.8. The van der Waals surface area contributed by atoms with Gasteiger partial charge in [-0.05, 0) is 65.5 Å². The van der Waals surface area contributed by atoms with Gasteiger partial charge in [-0.2, -0.15) is 0 Å². The van der Waals surface area contributed by atoms with Gasteiger partial charge in [0.2, 0.25) is 10.0 Å². The number of aryl methyl sites for hydroxylation is 2. The molecule has 3 aromatic rings. The van der Waals surface area contributed by atoms with Crippen LogP contribution in [0.1, 0.15) is 38.2 Å². The minimum Gasteiger partial charge on any atom is -0.493 e. The van der Waals surface area contributed by atoms with Crippen molar-refractivity contribution in [1.82, 2.24) is 28.8 Å². The summed E-state index contributed by atoms with van der Waals surface area (Å²) in [6.45, 7) is 7.19. The van der Waals surface area contributed by atoms with Crippen LogP contribution in [0.2, 0.25) is 0 Å². The van der Waals surface area contributed by atoms with Crippen LogP contribution < -0.4 is 10.3 Å². The Hall–Kier alpha value is -2.76. The van der Waals surface area contributed by atoms with Gasteiger partial charge in [-0.1, -0.05) is 6.92 Å². The lowest BCUT2D eigenvalue weighted by Crippen LogP contribution is -2.30. The number of benzene rings is 1. The average molecular weight is 491 g/mol. The normalized spacial score (nSPS) is 12.2. The average Bonchev–Trinajstić information content (AvgIpc) is 3.09. The van der Waals surface area contributed by atoms with Crippen LogP contribution in [-0.4, -0.2) is 78.0 Å². The molecule has 0 unspecified atom stereocenters. The maximum atomic E-state index is 13.2. The molecule has 0 fully saturated rings. The first-order chi connectivity index (χ1) is 16.1. The van der Waals surface area contributed by atoms with Crippen molar-refractivity contribution in [2.24, 2.45) is 0 Å². The van der Waals surface area contributed by atoms with E-state index in [0.29, 0.717) is 54.3 Å². The summed E-state index contributed by atoms with van der Waals surface area (Å²) in [6, 6.07) is 4.64. The Morgan fingerprint density at radius 2 is 1.88 bits per heavy atom. The molecule has 10 nitrogen and oxygen atoms in total. The number of sulfonamides is 1. The smallest absolute Gasteiger partial charge is 0.277 e. The number of imidazole rings is 1. The summed E-state index contributed by atoms with van der Waals surface area (Å²) in [7, 11) is 1.72. The monoisotopic (exact) mass is 490 g/mol. The summed E-state index contributed by atoms with van der Waals surface area (Å²) in [6.07, 6.45) is 2.22. The Kier molecular flexibility index (Phi) is 8.11. The lowest BCUT2D eigenvalue weighted by atomic mass is 10.2. The van der Waals surface area contributed by atoms with Gasteiger partial charge in [0.1, 0.15) is 11.6 Å². The predicted molar refractivity (Wildman–Crippen MR) is 132 cm³/mol. The summed E-state index contributed by atoms with van der Waals surface area (Å²) >= 11 is 0. The van der Waals surface area contributed by atoms with E-state index < -0.39 is 10.0 Å². The first-order valence-corrected chi connectivity index (χ1v) is 12.9. The Morgan fingerprint density at radius 1 is 1.15 bits per heavy atom. The van der Waals surface area contributed by atoms with Crippen LogP contribution >= 0.6 is 0 Å². The van der Waals surface area contributed by atoms with E-state index in [1.54, 1.807) is 24.6 Å². The molecule has 0 saturated carbocycles. The predicted octanol–water partition coefficient (Wildman–Crippen LogP) is 2.32. The minimum atomic E-state index is -3.74. The van der Waals surface area contributed by atoms with Crippen molar-refractivity contribution in [1.29, 1.82) is 0 Å². The topological polar surface area (TPSA) is 113 Å². The summed E-state index contributed by atoms with van der Waals surface area (Å²) in [4.78, 5) is 22.3. The Bertz CT molecular complexity index is 1310. The van der Waals surface area contributed by atoms with Crippen molar-refractivity contribution in [2.75, 3.05) is 40.8 Å². The Balaban J connectivity index is 2.11. The molecule has 0 aliphatic rings. The highest BCUT2D eigenvalue weighted by Crippen LogP contribution is 2.31. The van der Waals surface area contributed by atoms with Gasteiger partial charge in [-0.25, -0.2) is 22.2 Å². The molecule has 0 saturated heterocycles. The quantitative estimate of drug-likeness (QED) is 0.439. The molecule has 186 valence electrons. The third-order valence-corrected chi connectivity index (χ3v) is 7.36. The fraction of sp³-hybridized carbons (Fsp3) is 0.522. The SMILES string of the molecule is CCCc1nc(C)c2c(=O)[nH]c(-c3cc(S(=O)(=O)N(C)CCCN(C)C)ccc3OCC)nn12. The van der Waals surface area contributed by atoms with Crippen molar-refractivity contribution in [2.45, 2.75) is 44.9 Å². The van der Waals surface area contributed by atoms with E-state index in [0.717, 1.165) is 13.0 Å². The van der Waals surface area contributed by atoms with E-state index in [4.69, 9.17) is 4.74 Å². The molecule has 11 heteroatoms. The molecule has 0 radical (unpaired) electrons. The van der Waals surface area contributed by atoms with Gasteiger partial charge in [-0.3, -0.25) is 4.79 Å². The number of nitrogens with zero attached hydrogens (tertiary/aromatic N) is 5. The number of hydrogen-bond acceptors (Lipinski definition) is 7. The van der Waals surface area contributed by atoms with E-state index in [9.17, 15) is 13.2 Å². The highest BCUT2D eigenvalue weighted by molar-refractivity contribution is 7.89. The molecule has 0 aliphatic carbocycles. The Labute approximate surface area is 200 Å². The van der Waals surface area contributed by atoms with Gasteiger partial charge in [0.25, 0.3) is 5.56 Å². The second kappa shape index (κ2) is 10.7. The highest BCUT2D eigenvalue weighted by Gasteiger charge is 2.24. The second-order valence-corrected chi connectivity index (χ2v) is 10.5. The zero-order chi connectivity index (χ0) is 25.0. The lowest BCUT2D eigenvalue weighted by Gasteiger charge is -2.19. The first-order valence-electron chi connectivity index (χ1n) is 11.5. The fourth-order valence-corrected chi connectivity index (χ4v) is 5.02. The number of rotatable bonds is 11. The van der Waals surface area contributed by atoms with Crippen LogP contribution in [0, 0.1) is 6.92 Å². The largest absolute Gasteiger partial charge is 0.493 e. The third kappa shape index (κ3) is 5.31. The lowest BCUT2D eigenvalue weighted by molar-refractivity contribution is 0.341. The van der Waals surface area contributed by atoms with Crippen molar-refractivity contribution >= 4 is 15.5 Å². The van der Waals surface area contributed by atoms with Crippen LogP contribution in [-0.2, 0) is 16.4 Å². The molecule has 0 spiro atoms. The molecule has 0 amide bonds. The summed E-state index contributed by atoms with van der Waals surface area (Å²) in [5.41, 5.74) is 1.05. The first kappa shape index (κ1) is 25.9.